The van der Waals surface area contributed by atoms with Crippen molar-refractivity contribution in [1.29, 1.82) is 0 Å². The molecule has 0 heterocycles. The van der Waals surface area contributed by atoms with Crippen molar-refractivity contribution in [3.8, 4) is 5.75 Å². The van der Waals surface area contributed by atoms with Crippen molar-refractivity contribution >= 4 is 0 Å². The highest BCUT2D eigenvalue weighted by atomic mass is 16.5. The highest BCUT2D eigenvalue weighted by Crippen LogP contribution is 2.28. The average molecular weight is 250 g/mol. The molecule has 18 heavy (non-hydrogen) atoms. The van der Waals surface area contributed by atoms with Crippen LogP contribution in [0.15, 0.2) is 18.2 Å². The van der Waals surface area contributed by atoms with Crippen LogP contribution in [0, 0.1) is 5.92 Å². The van der Waals surface area contributed by atoms with E-state index in [1.807, 2.05) is 7.05 Å². The number of ether oxygens (including phenoxy) is 1. The molecule has 2 atom stereocenters. The number of rotatable bonds is 7. The van der Waals surface area contributed by atoms with E-state index in [1.54, 1.807) is 7.11 Å². The first-order valence-electron chi connectivity index (χ1n) is 6.75. The van der Waals surface area contributed by atoms with Crippen molar-refractivity contribution in [2.75, 3.05) is 20.7 Å². The van der Waals surface area contributed by atoms with Gasteiger partial charge in [0.05, 0.1) is 7.11 Å². The molecule has 0 aliphatic rings. The summed E-state index contributed by atoms with van der Waals surface area (Å²) in [7, 11) is 3.72. The number of nitrogens with two attached hydrogens (primary N) is 1. The van der Waals surface area contributed by atoms with Crippen LogP contribution in [-0.2, 0) is 6.42 Å². The second kappa shape index (κ2) is 7.39. The first-order valence-corrected chi connectivity index (χ1v) is 6.75. The molecular formula is C15H26N2O. The summed E-state index contributed by atoms with van der Waals surface area (Å²) in [6.07, 6.45) is 2.06. The summed E-state index contributed by atoms with van der Waals surface area (Å²) in [4.78, 5) is 0. The summed E-state index contributed by atoms with van der Waals surface area (Å²) < 4.78 is 5.37. The zero-order valence-corrected chi connectivity index (χ0v) is 12.0. The molecule has 2 unspecified atom stereocenters. The van der Waals surface area contributed by atoms with Crippen LogP contribution in [0.5, 0.6) is 5.75 Å². The molecule has 102 valence electrons. The van der Waals surface area contributed by atoms with Gasteiger partial charge in [0.2, 0.25) is 0 Å². The van der Waals surface area contributed by atoms with Crippen LogP contribution >= 0.6 is 0 Å². The zero-order valence-electron chi connectivity index (χ0n) is 12.0. The molecule has 0 aliphatic heterocycles. The summed E-state index contributed by atoms with van der Waals surface area (Å²) in [5.74, 6) is 1.44. The third-order valence-corrected chi connectivity index (χ3v) is 3.65. The largest absolute Gasteiger partial charge is 0.496 e. The molecule has 0 spiro atoms. The van der Waals surface area contributed by atoms with Gasteiger partial charge in [-0.05, 0) is 43.1 Å². The Balaban J connectivity index is 3.06. The molecule has 1 aromatic carbocycles. The zero-order chi connectivity index (χ0) is 13.5. The van der Waals surface area contributed by atoms with Gasteiger partial charge in [0.15, 0.2) is 0 Å². The van der Waals surface area contributed by atoms with Gasteiger partial charge < -0.3 is 15.8 Å². The van der Waals surface area contributed by atoms with E-state index in [0.29, 0.717) is 18.5 Å². The van der Waals surface area contributed by atoms with Gasteiger partial charge in [-0.2, -0.15) is 0 Å². The maximum absolute atomic E-state index is 5.86. The fourth-order valence-corrected chi connectivity index (χ4v) is 2.48. The van der Waals surface area contributed by atoms with Gasteiger partial charge >= 0.3 is 0 Å². The molecule has 0 aliphatic carbocycles. The Morgan fingerprint density at radius 3 is 2.50 bits per heavy atom. The summed E-state index contributed by atoms with van der Waals surface area (Å²) in [6.45, 7) is 5.04. The Bertz CT molecular complexity index is 362. The molecule has 0 bridgehead atoms. The van der Waals surface area contributed by atoms with Crippen molar-refractivity contribution in [2.24, 2.45) is 11.7 Å². The third kappa shape index (κ3) is 3.24. The quantitative estimate of drug-likeness (QED) is 0.781. The topological polar surface area (TPSA) is 47.3 Å². The number of nitrogens with one attached hydrogen (secondary N) is 1. The lowest BCUT2D eigenvalue weighted by Gasteiger charge is -2.26. The number of methoxy groups -OCH3 is 1. The molecule has 1 aromatic rings. The van der Waals surface area contributed by atoms with Crippen LogP contribution in [0.1, 0.15) is 37.4 Å². The lowest BCUT2D eigenvalue weighted by atomic mass is 9.90. The van der Waals surface area contributed by atoms with Gasteiger partial charge in [-0.25, -0.2) is 0 Å². The molecule has 0 saturated heterocycles. The van der Waals surface area contributed by atoms with Crippen LogP contribution in [0.2, 0.25) is 0 Å². The van der Waals surface area contributed by atoms with E-state index >= 15 is 0 Å². The molecule has 0 amide bonds. The first kappa shape index (κ1) is 15.0. The minimum atomic E-state index is 0.316. The van der Waals surface area contributed by atoms with E-state index in [2.05, 4.69) is 37.4 Å². The Morgan fingerprint density at radius 1 is 1.33 bits per heavy atom. The Morgan fingerprint density at radius 2 is 2.06 bits per heavy atom. The van der Waals surface area contributed by atoms with E-state index < -0.39 is 0 Å². The van der Waals surface area contributed by atoms with Crippen molar-refractivity contribution in [3.63, 3.8) is 0 Å². The predicted octanol–water partition coefficient (Wildman–Crippen LogP) is 2.50. The smallest absolute Gasteiger partial charge is 0.122 e. The van der Waals surface area contributed by atoms with Gasteiger partial charge in [-0.3, -0.25) is 0 Å². The summed E-state index contributed by atoms with van der Waals surface area (Å²) in [6, 6.07) is 6.74. The summed E-state index contributed by atoms with van der Waals surface area (Å²) >= 11 is 0. The molecule has 0 aromatic heterocycles. The third-order valence-electron chi connectivity index (χ3n) is 3.65. The first-order chi connectivity index (χ1) is 8.71. The van der Waals surface area contributed by atoms with Gasteiger partial charge in [-0.15, -0.1) is 0 Å². The van der Waals surface area contributed by atoms with Crippen LogP contribution in [0.3, 0.4) is 0 Å². The lowest BCUT2D eigenvalue weighted by molar-refractivity contribution is 0.376. The van der Waals surface area contributed by atoms with Gasteiger partial charge in [0.1, 0.15) is 5.75 Å². The van der Waals surface area contributed by atoms with E-state index in [-0.39, 0.29) is 0 Å². The van der Waals surface area contributed by atoms with E-state index in [1.165, 1.54) is 11.1 Å². The molecule has 3 heteroatoms. The summed E-state index contributed by atoms with van der Waals surface area (Å²) in [5, 5.41) is 3.39. The van der Waals surface area contributed by atoms with Crippen LogP contribution < -0.4 is 15.8 Å². The van der Waals surface area contributed by atoms with Gasteiger partial charge in [-0.1, -0.05) is 32.4 Å². The normalized spacial score (nSPS) is 14.3. The van der Waals surface area contributed by atoms with E-state index in [9.17, 15) is 0 Å². The highest BCUT2D eigenvalue weighted by molar-refractivity contribution is 5.38. The second-order valence-electron chi connectivity index (χ2n) is 4.60. The Kier molecular flexibility index (Phi) is 6.16. The minimum Gasteiger partial charge on any atom is -0.496 e. The van der Waals surface area contributed by atoms with Gasteiger partial charge in [0.25, 0.3) is 0 Å². The predicted molar refractivity (Wildman–Crippen MR) is 77.0 cm³/mol. The number of aryl methyl sites for hydroxylation is 1. The Labute approximate surface area is 111 Å². The van der Waals surface area contributed by atoms with Crippen molar-refractivity contribution in [3.05, 3.63) is 29.3 Å². The van der Waals surface area contributed by atoms with Crippen molar-refractivity contribution in [1.82, 2.24) is 5.32 Å². The highest BCUT2D eigenvalue weighted by Gasteiger charge is 2.19. The maximum atomic E-state index is 5.86. The lowest BCUT2D eigenvalue weighted by Crippen LogP contribution is -2.30. The standard InChI is InChI=1S/C15H26N2O/c1-5-11-9-13(7-8-14(11)18-4)15(17-3)12(6-2)10-16/h7-9,12,15,17H,5-6,10,16H2,1-4H3. The average Bonchev–Trinajstić information content (AvgIpc) is 2.43. The van der Waals surface area contributed by atoms with Gasteiger partial charge in [0, 0.05) is 6.04 Å². The molecular weight excluding hydrogens is 224 g/mol. The SMILES string of the molecule is CCc1cc(C(NC)C(CC)CN)ccc1OC. The van der Waals surface area contributed by atoms with Crippen LogP contribution in [-0.4, -0.2) is 20.7 Å². The fourth-order valence-electron chi connectivity index (χ4n) is 2.48. The molecule has 1 rings (SSSR count). The molecule has 0 radical (unpaired) electrons. The number of hydrogen-bond acceptors (Lipinski definition) is 3. The van der Waals surface area contributed by atoms with Crippen LogP contribution in [0.4, 0.5) is 0 Å². The summed E-state index contributed by atoms with van der Waals surface area (Å²) in [5.41, 5.74) is 8.41. The molecule has 0 fully saturated rings. The second-order valence-corrected chi connectivity index (χ2v) is 4.60. The Hall–Kier alpha value is -1.06. The maximum Gasteiger partial charge on any atom is 0.122 e. The monoisotopic (exact) mass is 250 g/mol. The molecule has 3 nitrogen and oxygen atoms in total. The van der Waals surface area contributed by atoms with Crippen molar-refractivity contribution < 1.29 is 4.74 Å². The fraction of sp³-hybridized carbons (Fsp3) is 0.600. The van der Waals surface area contributed by atoms with E-state index in [0.717, 1.165) is 18.6 Å². The van der Waals surface area contributed by atoms with E-state index in [4.69, 9.17) is 10.5 Å². The molecule has 0 saturated carbocycles. The number of benzene rings is 1. The minimum absolute atomic E-state index is 0.316. The van der Waals surface area contributed by atoms with Crippen LogP contribution in [0.25, 0.3) is 0 Å². The number of hydrogen-bond donors (Lipinski definition) is 2. The molecule has 3 N–H and O–H groups in total. The van der Waals surface area contributed by atoms with Crippen molar-refractivity contribution in [2.45, 2.75) is 32.7 Å².